The quantitative estimate of drug-likeness (QED) is 0.384. The molecule has 1 saturated carbocycles. The van der Waals surface area contributed by atoms with Gasteiger partial charge in [-0.25, -0.2) is 4.98 Å². The first-order chi connectivity index (χ1) is 19.4. The van der Waals surface area contributed by atoms with Crippen LogP contribution < -0.4 is 26.5 Å². The van der Waals surface area contributed by atoms with Gasteiger partial charge in [0.1, 0.15) is 11.4 Å². The van der Waals surface area contributed by atoms with Gasteiger partial charge < -0.3 is 26.0 Å². The fourth-order valence-electron chi connectivity index (χ4n) is 5.61. The van der Waals surface area contributed by atoms with Gasteiger partial charge in [0.15, 0.2) is 17.4 Å². The zero-order chi connectivity index (χ0) is 28.8. The van der Waals surface area contributed by atoms with E-state index < -0.39 is 5.56 Å². The van der Waals surface area contributed by atoms with Gasteiger partial charge in [-0.05, 0) is 51.3 Å². The van der Waals surface area contributed by atoms with Crippen LogP contribution in [-0.4, -0.2) is 81.6 Å². The lowest BCUT2D eigenvalue weighted by molar-refractivity contribution is -0.00647. The molecule has 220 valence electrons. The number of nitrogens with one attached hydrogen (secondary N) is 2. The maximum absolute atomic E-state index is 12.9. The number of aromatic nitrogens is 2. The second-order valence-electron chi connectivity index (χ2n) is 10.5. The Bertz CT molecular complexity index is 1210. The summed E-state index contributed by atoms with van der Waals surface area (Å²) in [6.07, 6.45) is 4.82. The fraction of sp³-hybridized carbons (Fsp3) is 0.607. The molecule has 5 N–H and O–H groups in total. The highest BCUT2D eigenvalue weighted by molar-refractivity contribution is 5.96. The number of hydrogen-bond acceptors (Lipinski definition) is 9. The molecule has 40 heavy (non-hydrogen) atoms. The molecule has 0 radical (unpaired) electrons. The summed E-state index contributed by atoms with van der Waals surface area (Å²) < 4.78 is 12.3. The van der Waals surface area contributed by atoms with Crippen molar-refractivity contribution < 1.29 is 19.4 Å². The molecule has 1 aromatic heterocycles. The molecule has 2 saturated heterocycles. The predicted molar refractivity (Wildman–Crippen MR) is 152 cm³/mol. The van der Waals surface area contributed by atoms with E-state index in [9.17, 15) is 19.2 Å². The maximum Gasteiger partial charge on any atom is 0.291 e. The molecule has 1 aromatic carbocycles. The van der Waals surface area contributed by atoms with Gasteiger partial charge >= 0.3 is 0 Å². The largest absolute Gasteiger partial charge is 0.507 e. The average molecular weight is 560 g/mol. The third-order valence-electron chi connectivity index (χ3n) is 7.93. The van der Waals surface area contributed by atoms with Crippen molar-refractivity contribution in [3.8, 4) is 11.5 Å². The number of anilines is 2. The molecule has 1 amide bonds. The minimum atomic E-state index is -0.397. The van der Waals surface area contributed by atoms with E-state index in [1.807, 2.05) is 18.7 Å². The highest BCUT2D eigenvalue weighted by Gasteiger charge is 2.35. The summed E-state index contributed by atoms with van der Waals surface area (Å²) in [5, 5.41) is 13.0. The monoisotopic (exact) mass is 559 g/mol. The van der Waals surface area contributed by atoms with Crippen molar-refractivity contribution in [3.05, 3.63) is 39.8 Å². The Morgan fingerprint density at radius 1 is 1.20 bits per heavy atom. The smallest absolute Gasteiger partial charge is 0.291 e. The number of nitrogens with two attached hydrogens (primary N) is 1. The second-order valence-corrected chi connectivity index (χ2v) is 10.5. The van der Waals surface area contributed by atoms with Gasteiger partial charge in [-0.1, -0.05) is 26.8 Å². The highest BCUT2D eigenvalue weighted by Crippen LogP contribution is 2.29. The third-order valence-corrected chi connectivity index (χ3v) is 7.93. The Morgan fingerprint density at radius 2 is 1.93 bits per heavy atom. The molecule has 1 unspecified atom stereocenters. The van der Waals surface area contributed by atoms with Crippen molar-refractivity contribution in [2.45, 2.75) is 77.5 Å². The number of hydrogen-bond donors (Lipinski definition) is 4. The normalized spacial score (nSPS) is 20.5. The van der Waals surface area contributed by atoms with E-state index in [1.165, 1.54) is 12.1 Å². The zero-order valence-corrected chi connectivity index (χ0v) is 23.7. The molecule has 1 aliphatic carbocycles. The van der Waals surface area contributed by atoms with E-state index in [2.05, 4.69) is 36.9 Å². The second kappa shape index (κ2) is 13.3. The van der Waals surface area contributed by atoms with Crippen molar-refractivity contribution in [2.75, 3.05) is 43.4 Å². The van der Waals surface area contributed by atoms with Crippen LogP contribution in [0.5, 0.6) is 11.5 Å². The number of nitrogen functional groups attached to an aromatic ring is 1. The van der Waals surface area contributed by atoms with Gasteiger partial charge in [0.2, 0.25) is 0 Å². The minimum absolute atomic E-state index is 0.00963. The number of phenols is 1. The lowest BCUT2D eigenvalue weighted by Crippen LogP contribution is -2.59. The number of nitrogens with zero attached hydrogens (tertiary/aromatic N) is 4. The van der Waals surface area contributed by atoms with Gasteiger partial charge in [0.25, 0.3) is 11.5 Å². The van der Waals surface area contributed by atoms with Crippen LogP contribution in [0.1, 0.15) is 68.9 Å². The summed E-state index contributed by atoms with van der Waals surface area (Å²) in [5.41, 5.74) is 6.46. The molecular weight excluding hydrogens is 517 g/mol. The van der Waals surface area contributed by atoms with Gasteiger partial charge in [-0.15, -0.1) is 0 Å². The molecular formula is C28H42FN7O4. The maximum atomic E-state index is 12.9. The van der Waals surface area contributed by atoms with Gasteiger partial charge in [-0.2, -0.15) is 0 Å². The lowest BCUT2D eigenvalue weighted by atomic mass is 9.97. The summed E-state index contributed by atoms with van der Waals surface area (Å²) in [7, 11) is 0. The number of piperazine rings is 1. The molecule has 2 aromatic rings. The number of H-pyrrole nitrogens is 1. The van der Waals surface area contributed by atoms with Crippen LogP contribution in [0.4, 0.5) is 16.2 Å². The van der Waals surface area contributed by atoms with Crippen molar-refractivity contribution >= 4 is 17.5 Å². The predicted octanol–water partition coefficient (Wildman–Crippen LogP) is 2.80. The van der Waals surface area contributed by atoms with Crippen molar-refractivity contribution in [1.29, 1.82) is 0 Å². The molecule has 11 nitrogen and oxygen atoms in total. The van der Waals surface area contributed by atoms with Crippen LogP contribution in [0.2, 0.25) is 0 Å². The van der Waals surface area contributed by atoms with Crippen molar-refractivity contribution in [1.82, 2.24) is 25.1 Å². The first-order valence-corrected chi connectivity index (χ1v) is 14.4. The van der Waals surface area contributed by atoms with Crippen LogP contribution in [-0.2, 0) is 6.54 Å². The first-order valence-electron chi connectivity index (χ1n) is 14.4. The van der Waals surface area contributed by atoms with Crippen LogP contribution in [0, 0.1) is 0 Å². The fourth-order valence-corrected chi connectivity index (χ4v) is 5.61. The molecule has 1 atom stereocenters. The number of likely N-dealkylation sites (tertiary alicyclic amines) is 1. The third kappa shape index (κ3) is 6.84. The zero-order valence-electron chi connectivity index (χ0n) is 23.7. The Kier molecular flexibility index (Phi) is 9.85. The number of benzene rings is 1. The van der Waals surface area contributed by atoms with E-state index in [0.29, 0.717) is 25.7 Å². The Balaban J connectivity index is 0.00000181. The number of piperidine rings is 1. The van der Waals surface area contributed by atoms with Crippen molar-refractivity contribution in [2.24, 2.45) is 0 Å². The number of carbonyl (C=O) groups excluding carboxylic acids is 1. The molecule has 3 heterocycles. The van der Waals surface area contributed by atoms with E-state index in [-0.39, 0.29) is 46.8 Å². The molecule has 5 rings (SSSR count). The van der Waals surface area contributed by atoms with E-state index in [0.717, 1.165) is 57.3 Å². The summed E-state index contributed by atoms with van der Waals surface area (Å²) in [6.45, 7) is 10.7. The van der Waals surface area contributed by atoms with Gasteiger partial charge in [0, 0.05) is 60.5 Å². The van der Waals surface area contributed by atoms with E-state index >= 15 is 0 Å². The Labute approximate surface area is 234 Å². The van der Waals surface area contributed by atoms with E-state index in [4.69, 9.17) is 5.73 Å². The number of carbonyl (C=O) groups is 1. The van der Waals surface area contributed by atoms with E-state index in [1.54, 1.807) is 6.07 Å². The lowest BCUT2D eigenvalue weighted by Gasteiger charge is -2.47. The summed E-state index contributed by atoms with van der Waals surface area (Å²) in [5.74, 6) is -0.0551. The molecule has 3 fully saturated rings. The van der Waals surface area contributed by atoms with Crippen LogP contribution >= 0.6 is 0 Å². The molecule has 0 bridgehead atoms. The molecule has 3 aliphatic rings. The average Bonchev–Trinajstić information content (AvgIpc) is 3.80. The number of halogens is 1. The number of phenolic OH excluding ortho intramolecular Hbond substituents is 1. The summed E-state index contributed by atoms with van der Waals surface area (Å²) >= 11 is 0. The number of aromatic hydroxyl groups is 1. The number of rotatable bonds is 8. The topological polar surface area (TPSA) is 140 Å². The van der Waals surface area contributed by atoms with Crippen LogP contribution in [0.15, 0.2) is 23.0 Å². The Morgan fingerprint density at radius 3 is 2.55 bits per heavy atom. The molecule has 0 spiro atoms. The van der Waals surface area contributed by atoms with Crippen molar-refractivity contribution in [3.63, 3.8) is 0 Å². The summed E-state index contributed by atoms with van der Waals surface area (Å²) in [6, 6.07) is 5.34. The van der Waals surface area contributed by atoms with Gasteiger partial charge in [-0.3, -0.25) is 24.3 Å². The summed E-state index contributed by atoms with van der Waals surface area (Å²) in [4.78, 5) is 42.8. The standard InChI is InChI=1S/C26H36FN7O4.C2H6/c1-2-18-15-33(24-26(37)30-22(23(28)31-24)25(36)29-17-4-5-17)11-12-34(18)19-7-9-32(10-8-19)14-16-3-6-20(38-27)13-21(16)35;1-2/h3,6,13,17-19,35H,2,4-5,7-12,14-15H2,1H3,(H2,28,31)(H,29,36)(H,30,37);1-2H3. The van der Waals surface area contributed by atoms with Gasteiger partial charge in [0.05, 0.1) is 0 Å². The molecule has 12 heteroatoms. The minimum Gasteiger partial charge on any atom is -0.507 e. The first kappa shape index (κ1) is 29.6. The Hall–Kier alpha value is -3.38. The van der Waals surface area contributed by atoms with Crippen LogP contribution in [0.25, 0.3) is 0 Å². The molecule has 2 aliphatic heterocycles. The SMILES string of the molecule is CC.CCC1CN(c2nc(N)c(C(=O)NC3CC3)[nH]c2=O)CCN1C1CCN(Cc2ccc(OF)cc2O)CC1. The number of amides is 1. The highest BCUT2D eigenvalue weighted by atomic mass is 19.3. The van der Waals surface area contributed by atoms with Crippen LogP contribution in [0.3, 0.4) is 0 Å². The number of aromatic amines is 1.